The summed E-state index contributed by atoms with van der Waals surface area (Å²) < 4.78 is 4.97. The van der Waals surface area contributed by atoms with Crippen LogP contribution in [0.15, 0.2) is 18.2 Å². The third-order valence-corrected chi connectivity index (χ3v) is 2.07. The Morgan fingerprint density at radius 2 is 2.29 bits per heavy atom. The number of phenolic OH excluding ortho intramolecular Hbond substituents is 1. The van der Waals surface area contributed by atoms with E-state index in [1.54, 1.807) is 18.2 Å². The Morgan fingerprint density at radius 3 is 2.94 bits per heavy atom. The molecule has 0 fully saturated rings. The van der Waals surface area contributed by atoms with E-state index < -0.39 is 0 Å². The second kappa shape index (κ2) is 6.44. The molecule has 0 heterocycles. The smallest absolute Gasteiger partial charge is 0.216 e. The van der Waals surface area contributed by atoms with Crippen LogP contribution < -0.4 is 10.1 Å². The Balaban J connectivity index is 2.62. The van der Waals surface area contributed by atoms with E-state index in [2.05, 4.69) is 17.2 Å². The first-order valence-electron chi connectivity index (χ1n) is 5.24. The molecule has 1 aromatic carbocycles. The summed E-state index contributed by atoms with van der Waals surface area (Å²) in [5, 5.41) is 12.4. The number of carbonyl (C=O) groups is 1. The third kappa shape index (κ3) is 4.07. The number of ether oxygens (including phenoxy) is 1. The molecule has 17 heavy (non-hydrogen) atoms. The highest BCUT2D eigenvalue weighted by Crippen LogP contribution is 2.28. The van der Waals surface area contributed by atoms with Crippen molar-refractivity contribution in [3.63, 3.8) is 0 Å². The molecule has 0 aromatic heterocycles. The van der Waals surface area contributed by atoms with Crippen molar-refractivity contribution in [3.05, 3.63) is 23.8 Å². The summed E-state index contributed by atoms with van der Waals surface area (Å²) in [5.74, 6) is 6.07. The van der Waals surface area contributed by atoms with Gasteiger partial charge < -0.3 is 15.2 Å². The summed E-state index contributed by atoms with van der Waals surface area (Å²) in [5.41, 5.74) is 0.521. The highest BCUT2D eigenvalue weighted by Gasteiger charge is 2.03. The summed E-state index contributed by atoms with van der Waals surface area (Å²) in [4.78, 5) is 10.6. The van der Waals surface area contributed by atoms with E-state index >= 15 is 0 Å². The maximum absolute atomic E-state index is 10.6. The first kappa shape index (κ1) is 12.9. The maximum atomic E-state index is 10.6. The number of nitrogens with one attached hydrogen (secondary N) is 1. The monoisotopic (exact) mass is 233 g/mol. The van der Waals surface area contributed by atoms with Gasteiger partial charge in [0.05, 0.1) is 12.7 Å². The molecule has 0 aliphatic carbocycles. The van der Waals surface area contributed by atoms with Gasteiger partial charge in [-0.2, -0.15) is 0 Å². The van der Waals surface area contributed by atoms with Crippen molar-refractivity contribution >= 4 is 5.91 Å². The van der Waals surface area contributed by atoms with Gasteiger partial charge >= 0.3 is 0 Å². The minimum atomic E-state index is -0.0731. The van der Waals surface area contributed by atoms with Crippen LogP contribution in [0.25, 0.3) is 0 Å². The molecule has 0 saturated heterocycles. The van der Waals surface area contributed by atoms with Crippen molar-refractivity contribution in [3.8, 4) is 23.3 Å². The molecule has 0 saturated carbocycles. The van der Waals surface area contributed by atoms with E-state index in [4.69, 9.17) is 4.74 Å². The fourth-order valence-electron chi connectivity index (χ4n) is 1.25. The van der Waals surface area contributed by atoms with Crippen LogP contribution in [0.2, 0.25) is 0 Å². The second-order valence-electron chi connectivity index (χ2n) is 3.39. The number of rotatable bonds is 3. The van der Waals surface area contributed by atoms with Crippen molar-refractivity contribution in [2.45, 2.75) is 13.3 Å². The van der Waals surface area contributed by atoms with Crippen LogP contribution in [0.1, 0.15) is 18.9 Å². The van der Waals surface area contributed by atoms with Crippen molar-refractivity contribution < 1.29 is 14.6 Å². The lowest BCUT2D eigenvalue weighted by Crippen LogP contribution is -2.20. The second-order valence-corrected chi connectivity index (χ2v) is 3.39. The average molecular weight is 233 g/mol. The number of amides is 1. The largest absolute Gasteiger partial charge is 0.503 e. The molecular weight excluding hydrogens is 218 g/mol. The van der Waals surface area contributed by atoms with E-state index in [1.165, 1.54) is 14.0 Å². The molecule has 1 rings (SSSR count). The predicted molar refractivity (Wildman–Crippen MR) is 64.8 cm³/mol. The molecule has 0 spiro atoms. The van der Waals surface area contributed by atoms with Gasteiger partial charge in [0.1, 0.15) is 0 Å². The van der Waals surface area contributed by atoms with Gasteiger partial charge in [-0.25, -0.2) is 0 Å². The van der Waals surface area contributed by atoms with Crippen LogP contribution in [-0.2, 0) is 4.79 Å². The molecule has 4 heteroatoms. The summed E-state index contributed by atoms with van der Waals surface area (Å²) in [7, 11) is 1.49. The highest BCUT2D eigenvalue weighted by molar-refractivity contribution is 5.72. The first-order valence-corrected chi connectivity index (χ1v) is 5.24. The predicted octanol–water partition coefficient (Wildman–Crippen LogP) is 1.28. The summed E-state index contributed by atoms with van der Waals surface area (Å²) in [6.07, 6.45) is 0.538. The Kier molecular flexibility index (Phi) is 4.89. The fourth-order valence-corrected chi connectivity index (χ4v) is 1.25. The lowest BCUT2D eigenvalue weighted by Gasteiger charge is -2.03. The molecule has 0 aliphatic heterocycles. The highest BCUT2D eigenvalue weighted by atomic mass is 16.5. The van der Waals surface area contributed by atoms with Gasteiger partial charge in [0.15, 0.2) is 11.5 Å². The maximum Gasteiger partial charge on any atom is 0.216 e. The topological polar surface area (TPSA) is 58.6 Å². The average Bonchev–Trinajstić information content (AvgIpc) is 2.30. The third-order valence-electron chi connectivity index (χ3n) is 2.07. The summed E-state index contributed by atoms with van der Waals surface area (Å²) in [6.45, 7) is 1.97. The minimum Gasteiger partial charge on any atom is -0.503 e. The Hall–Kier alpha value is -2.15. The quantitative estimate of drug-likeness (QED) is 0.610. The Labute approximate surface area is 101 Å². The molecule has 0 bridgehead atoms. The zero-order valence-electron chi connectivity index (χ0n) is 9.91. The van der Waals surface area contributed by atoms with E-state index in [1.807, 2.05) is 0 Å². The number of hydrogen-bond donors (Lipinski definition) is 2. The van der Waals surface area contributed by atoms with E-state index in [0.29, 0.717) is 24.3 Å². The molecule has 0 radical (unpaired) electrons. The number of para-hydroxylation sites is 1. The van der Waals surface area contributed by atoms with Crippen LogP contribution >= 0.6 is 0 Å². The minimum absolute atomic E-state index is 0.0435. The van der Waals surface area contributed by atoms with Gasteiger partial charge in [0.25, 0.3) is 0 Å². The van der Waals surface area contributed by atoms with Gasteiger partial charge in [0.2, 0.25) is 5.91 Å². The lowest BCUT2D eigenvalue weighted by atomic mass is 10.2. The Bertz CT molecular complexity index is 457. The van der Waals surface area contributed by atoms with Gasteiger partial charge in [-0.3, -0.25) is 4.79 Å². The van der Waals surface area contributed by atoms with Crippen LogP contribution in [0, 0.1) is 11.8 Å². The van der Waals surface area contributed by atoms with E-state index in [-0.39, 0.29) is 11.7 Å². The van der Waals surface area contributed by atoms with Crippen LogP contribution in [0.4, 0.5) is 0 Å². The van der Waals surface area contributed by atoms with E-state index in [9.17, 15) is 9.90 Å². The number of benzene rings is 1. The normalized spacial score (nSPS) is 9.06. The lowest BCUT2D eigenvalue weighted by molar-refractivity contribution is -0.118. The number of aromatic hydroxyl groups is 1. The van der Waals surface area contributed by atoms with Gasteiger partial charge in [0, 0.05) is 19.9 Å². The van der Waals surface area contributed by atoms with Crippen molar-refractivity contribution in [1.82, 2.24) is 5.32 Å². The first-order chi connectivity index (χ1) is 8.15. The number of phenols is 1. The molecule has 0 atom stereocenters. The van der Waals surface area contributed by atoms with E-state index in [0.717, 1.165) is 0 Å². The van der Waals surface area contributed by atoms with Gasteiger partial charge in [-0.05, 0) is 12.1 Å². The molecule has 0 unspecified atom stereocenters. The number of hydrogen-bond acceptors (Lipinski definition) is 3. The molecule has 1 amide bonds. The standard InChI is InChI=1S/C13H15NO3/c1-10(15)14-9-4-3-6-11-7-5-8-12(17-2)13(11)16/h5,7-8,16H,4,9H2,1-2H3,(H,14,15). The summed E-state index contributed by atoms with van der Waals surface area (Å²) in [6, 6.07) is 5.14. The van der Waals surface area contributed by atoms with Gasteiger partial charge in [-0.15, -0.1) is 0 Å². The van der Waals surface area contributed by atoms with Crippen LogP contribution in [0.5, 0.6) is 11.5 Å². The number of methoxy groups -OCH3 is 1. The fraction of sp³-hybridized carbons (Fsp3) is 0.308. The van der Waals surface area contributed by atoms with Crippen LogP contribution in [-0.4, -0.2) is 24.7 Å². The molecule has 4 nitrogen and oxygen atoms in total. The van der Waals surface area contributed by atoms with Crippen molar-refractivity contribution in [1.29, 1.82) is 0 Å². The molecule has 1 aromatic rings. The molecular formula is C13H15NO3. The Morgan fingerprint density at radius 1 is 1.53 bits per heavy atom. The van der Waals surface area contributed by atoms with Gasteiger partial charge in [-0.1, -0.05) is 17.9 Å². The zero-order chi connectivity index (χ0) is 12.7. The zero-order valence-corrected chi connectivity index (χ0v) is 9.91. The SMILES string of the molecule is COc1cccc(C#CCCNC(C)=O)c1O. The molecule has 0 aliphatic rings. The summed E-state index contributed by atoms with van der Waals surface area (Å²) >= 11 is 0. The number of carbonyl (C=O) groups excluding carboxylic acids is 1. The van der Waals surface area contributed by atoms with Crippen LogP contribution in [0.3, 0.4) is 0 Å². The van der Waals surface area contributed by atoms with Crippen molar-refractivity contribution in [2.24, 2.45) is 0 Å². The molecule has 90 valence electrons. The van der Waals surface area contributed by atoms with Crippen molar-refractivity contribution in [2.75, 3.05) is 13.7 Å². The molecule has 2 N–H and O–H groups in total.